The number of rotatable bonds is 3. The molecule has 0 fully saturated rings. The Kier molecular flexibility index (Phi) is 4.55. The van der Waals surface area contributed by atoms with Gasteiger partial charge < -0.3 is 9.47 Å². The van der Waals surface area contributed by atoms with E-state index in [2.05, 4.69) is 15.9 Å². The fourth-order valence-electron chi connectivity index (χ4n) is 1.43. The summed E-state index contributed by atoms with van der Waals surface area (Å²) in [5.41, 5.74) is 0. The Hall–Kier alpha value is -0.970. The van der Waals surface area contributed by atoms with E-state index in [-0.39, 0.29) is 21.5 Å². The van der Waals surface area contributed by atoms with Crippen molar-refractivity contribution in [1.29, 1.82) is 0 Å². The van der Waals surface area contributed by atoms with Crippen molar-refractivity contribution in [3.63, 3.8) is 0 Å². The molecule has 0 aliphatic carbocycles. The van der Waals surface area contributed by atoms with Crippen LogP contribution in [0, 0.1) is 5.82 Å². The van der Waals surface area contributed by atoms with Gasteiger partial charge in [0.05, 0.1) is 17.2 Å². The molecule has 6 heteroatoms. The number of methoxy groups -OCH3 is 1. The normalized spacial score (nSPS) is 10.4. The van der Waals surface area contributed by atoms with Gasteiger partial charge >= 0.3 is 0 Å². The minimum atomic E-state index is -0.561. The summed E-state index contributed by atoms with van der Waals surface area (Å²) in [4.78, 5) is 0. The minimum Gasteiger partial charge on any atom is -0.497 e. The predicted octanol–water partition coefficient (Wildman–Crippen LogP) is 5.70. The zero-order valence-corrected chi connectivity index (χ0v) is 12.8. The summed E-state index contributed by atoms with van der Waals surface area (Å²) in [6, 6.07) is 7.48. The van der Waals surface area contributed by atoms with Gasteiger partial charge in [-0.25, -0.2) is 4.39 Å². The highest BCUT2D eigenvalue weighted by Gasteiger charge is 2.13. The fraction of sp³-hybridized carbons (Fsp3) is 0.0769. The van der Waals surface area contributed by atoms with Crippen molar-refractivity contribution in [2.45, 2.75) is 0 Å². The van der Waals surface area contributed by atoms with Crippen molar-refractivity contribution in [3.05, 3.63) is 50.7 Å². The van der Waals surface area contributed by atoms with E-state index in [4.69, 9.17) is 32.7 Å². The summed E-state index contributed by atoms with van der Waals surface area (Å²) < 4.78 is 24.8. The molecule has 0 amide bonds. The molecule has 2 aromatic carbocycles. The molecule has 0 saturated carbocycles. The van der Waals surface area contributed by atoms with Crippen molar-refractivity contribution in [1.82, 2.24) is 0 Å². The van der Waals surface area contributed by atoms with Gasteiger partial charge in [0.15, 0.2) is 17.3 Å². The Balaban J connectivity index is 2.36. The molecule has 2 aromatic rings. The maximum absolute atomic E-state index is 13.8. The van der Waals surface area contributed by atoms with E-state index in [9.17, 15) is 4.39 Å². The molecule has 0 aliphatic heterocycles. The smallest absolute Gasteiger partial charge is 0.169 e. The molecule has 0 radical (unpaired) electrons. The van der Waals surface area contributed by atoms with Crippen LogP contribution in [0.15, 0.2) is 34.8 Å². The quantitative estimate of drug-likeness (QED) is 0.694. The van der Waals surface area contributed by atoms with Crippen LogP contribution in [0.2, 0.25) is 10.0 Å². The Morgan fingerprint density at radius 3 is 2.26 bits per heavy atom. The monoisotopic (exact) mass is 364 g/mol. The van der Waals surface area contributed by atoms with Crippen molar-refractivity contribution in [3.8, 4) is 17.2 Å². The third-order valence-electron chi connectivity index (χ3n) is 2.31. The molecule has 0 spiro atoms. The average molecular weight is 366 g/mol. The number of hydrogen-bond acceptors (Lipinski definition) is 2. The molecular formula is C13H8BrCl2FO2. The first-order valence-corrected chi connectivity index (χ1v) is 6.72. The summed E-state index contributed by atoms with van der Waals surface area (Å²) >= 11 is 15.3. The average Bonchev–Trinajstić information content (AvgIpc) is 2.35. The van der Waals surface area contributed by atoms with Gasteiger partial charge in [-0.05, 0) is 24.3 Å². The van der Waals surface area contributed by atoms with E-state index in [1.165, 1.54) is 19.2 Å². The highest BCUT2D eigenvalue weighted by Crippen LogP contribution is 2.39. The first kappa shape index (κ1) is 14.4. The lowest BCUT2D eigenvalue weighted by atomic mass is 10.3. The van der Waals surface area contributed by atoms with Gasteiger partial charge in [-0.15, -0.1) is 0 Å². The molecule has 0 heterocycles. The molecule has 100 valence electrons. The molecule has 2 rings (SSSR count). The van der Waals surface area contributed by atoms with Gasteiger partial charge in [0.2, 0.25) is 0 Å². The molecule has 0 unspecified atom stereocenters. The lowest BCUT2D eigenvalue weighted by Crippen LogP contribution is -1.92. The molecule has 19 heavy (non-hydrogen) atoms. The van der Waals surface area contributed by atoms with Crippen molar-refractivity contribution < 1.29 is 13.9 Å². The SMILES string of the molecule is COc1ccc(Oc2c(Cl)cc(Br)cc2Cl)c(F)c1. The highest BCUT2D eigenvalue weighted by molar-refractivity contribution is 9.10. The van der Waals surface area contributed by atoms with Crippen LogP contribution in [-0.2, 0) is 0 Å². The van der Waals surface area contributed by atoms with Crippen LogP contribution in [0.25, 0.3) is 0 Å². The van der Waals surface area contributed by atoms with Crippen LogP contribution in [0.3, 0.4) is 0 Å². The predicted molar refractivity (Wildman–Crippen MR) is 77.2 cm³/mol. The third-order valence-corrected chi connectivity index (χ3v) is 3.33. The van der Waals surface area contributed by atoms with Crippen LogP contribution >= 0.6 is 39.1 Å². The number of ether oxygens (including phenoxy) is 2. The Bertz CT molecular complexity index is 597. The Labute approximate surface area is 128 Å². The van der Waals surface area contributed by atoms with E-state index < -0.39 is 5.82 Å². The van der Waals surface area contributed by atoms with E-state index in [0.29, 0.717) is 10.2 Å². The summed E-state index contributed by atoms with van der Waals surface area (Å²) in [6.07, 6.45) is 0. The molecule has 0 atom stereocenters. The van der Waals surface area contributed by atoms with Gasteiger partial charge in [-0.2, -0.15) is 0 Å². The summed E-state index contributed by atoms with van der Waals surface area (Å²) in [6.45, 7) is 0. The van der Waals surface area contributed by atoms with Crippen LogP contribution in [0.5, 0.6) is 17.2 Å². The van der Waals surface area contributed by atoms with Crippen LogP contribution in [0.4, 0.5) is 4.39 Å². The van der Waals surface area contributed by atoms with Gasteiger partial charge in [0.25, 0.3) is 0 Å². The van der Waals surface area contributed by atoms with Crippen LogP contribution in [-0.4, -0.2) is 7.11 Å². The fourth-order valence-corrected chi connectivity index (χ4v) is 2.71. The minimum absolute atomic E-state index is 0.0203. The first-order chi connectivity index (χ1) is 9.01. The van der Waals surface area contributed by atoms with E-state index in [1.807, 2.05) is 0 Å². The molecule has 2 nitrogen and oxygen atoms in total. The summed E-state index contributed by atoms with van der Waals surface area (Å²) in [5.74, 6) is 0.0646. The van der Waals surface area contributed by atoms with E-state index >= 15 is 0 Å². The van der Waals surface area contributed by atoms with Crippen molar-refractivity contribution in [2.24, 2.45) is 0 Å². The molecule has 0 N–H and O–H groups in total. The van der Waals surface area contributed by atoms with E-state index in [0.717, 1.165) is 0 Å². The number of hydrogen-bond donors (Lipinski definition) is 0. The third kappa shape index (κ3) is 3.32. The molecular weight excluding hydrogens is 358 g/mol. The van der Waals surface area contributed by atoms with E-state index in [1.54, 1.807) is 18.2 Å². The Morgan fingerprint density at radius 2 is 1.74 bits per heavy atom. The summed E-state index contributed by atoms with van der Waals surface area (Å²) in [5, 5.41) is 0.573. The van der Waals surface area contributed by atoms with Gasteiger partial charge in [-0.3, -0.25) is 0 Å². The molecule has 0 aromatic heterocycles. The van der Waals surface area contributed by atoms with Gasteiger partial charge in [-0.1, -0.05) is 39.1 Å². The van der Waals surface area contributed by atoms with Crippen LogP contribution < -0.4 is 9.47 Å². The topological polar surface area (TPSA) is 18.5 Å². The summed E-state index contributed by atoms with van der Waals surface area (Å²) in [7, 11) is 1.46. The Morgan fingerprint density at radius 1 is 1.11 bits per heavy atom. The first-order valence-electron chi connectivity index (χ1n) is 5.17. The largest absolute Gasteiger partial charge is 0.497 e. The van der Waals surface area contributed by atoms with Crippen molar-refractivity contribution in [2.75, 3.05) is 7.11 Å². The maximum atomic E-state index is 13.8. The zero-order chi connectivity index (χ0) is 14.0. The molecule has 0 bridgehead atoms. The number of benzene rings is 2. The lowest BCUT2D eigenvalue weighted by molar-refractivity contribution is 0.402. The molecule has 0 saturated heterocycles. The highest BCUT2D eigenvalue weighted by atomic mass is 79.9. The van der Waals surface area contributed by atoms with Gasteiger partial charge in [0, 0.05) is 10.5 Å². The number of halogens is 4. The second kappa shape index (κ2) is 5.99. The maximum Gasteiger partial charge on any atom is 0.169 e. The zero-order valence-electron chi connectivity index (χ0n) is 9.72. The van der Waals surface area contributed by atoms with Crippen LogP contribution in [0.1, 0.15) is 0 Å². The lowest BCUT2D eigenvalue weighted by Gasteiger charge is -2.11. The van der Waals surface area contributed by atoms with Gasteiger partial charge in [0.1, 0.15) is 5.75 Å². The standard InChI is InChI=1S/C13H8BrCl2FO2/c1-18-8-2-3-12(11(17)6-8)19-13-9(15)4-7(14)5-10(13)16/h2-6H,1H3. The second-order valence-corrected chi connectivity index (χ2v) is 5.33. The second-order valence-electron chi connectivity index (χ2n) is 3.60. The molecule has 0 aliphatic rings. The van der Waals surface area contributed by atoms with Crippen molar-refractivity contribution >= 4 is 39.1 Å².